The standard InChI is InChI=1S/C14H19NO2S/c1-10-5-3-4-6-12(10)11(2)15-13(16)14(17)7-8-18-9-14/h3-6,11,17H,7-9H2,1-2H3,(H,15,16). The third-order valence-corrected chi connectivity index (χ3v) is 4.60. The molecule has 4 heteroatoms. The predicted molar refractivity (Wildman–Crippen MR) is 74.6 cm³/mol. The number of aryl methyl sites for hydroxylation is 1. The third kappa shape index (κ3) is 2.70. The Hall–Kier alpha value is -1.000. The highest BCUT2D eigenvalue weighted by Gasteiger charge is 2.39. The predicted octanol–water partition coefficient (Wildman–Crippen LogP) is 2.04. The summed E-state index contributed by atoms with van der Waals surface area (Å²) >= 11 is 1.62. The van der Waals surface area contributed by atoms with Crippen molar-refractivity contribution in [2.45, 2.75) is 31.9 Å². The maximum absolute atomic E-state index is 12.1. The van der Waals surface area contributed by atoms with E-state index in [1.807, 2.05) is 38.1 Å². The molecule has 1 aliphatic rings. The molecular formula is C14H19NO2S. The summed E-state index contributed by atoms with van der Waals surface area (Å²) in [4.78, 5) is 12.1. The van der Waals surface area contributed by atoms with Gasteiger partial charge in [-0.1, -0.05) is 24.3 Å². The second-order valence-corrected chi connectivity index (χ2v) is 5.99. The number of aliphatic hydroxyl groups is 1. The van der Waals surface area contributed by atoms with Gasteiger partial charge in [0.25, 0.3) is 5.91 Å². The molecule has 2 unspecified atom stereocenters. The van der Waals surface area contributed by atoms with Crippen molar-refractivity contribution in [1.82, 2.24) is 5.32 Å². The van der Waals surface area contributed by atoms with E-state index in [4.69, 9.17) is 0 Å². The number of amides is 1. The highest BCUT2D eigenvalue weighted by Crippen LogP contribution is 2.29. The van der Waals surface area contributed by atoms with Crippen LogP contribution in [0.25, 0.3) is 0 Å². The van der Waals surface area contributed by atoms with Gasteiger partial charge < -0.3 is 10.4 Å². The lowest BCUT2D eigenvalue weighted by Gasteiger charge is -2.24. The molecule has 0 aromatic heterocycles. The van der Waals surface area contributed by atoms with Gasteiger partial charge in [-0.25, -0.2) is 0 Å². The molecule has 0 spiro atoms. The van der Waals surface area contributed by atoms with Crippen molar-refractivity contribution in [3.8, 4) is 0 Å². The lowest BCUT2D eigenvalue weighted by atomic mass is 9.99. The van der Waals surface area contributed by atoms with Crippen molar-refractivity contribution in [2.24, 2.45) is 0 Å². The first-order chi connectivity index (χ1) is 8.53. The Kier molecular flexibility index (Phi) is 3.97. The molecule has 3 nitrogen and oxygen atoms in total. The molecule has 1 aromatic rings. The fourth-order valence-corrected chi connectivity index (χ4v) is 3.45. The number of benzene rings is 1. The van der Waals surface area contributed by atoms with E-state index in [1.54, 1.807) is 11.8 Å². The third-order valence-electron chi connectivity index (χ3n) is 3.43. The average Bonchev–Trinajstić information content (AvgIpc) is 2.78. The van der Waals surface area contributed by atoms with Gasteiger partial charge in [0.2, 0.25) is 0 Å². The molecule has 2 N–H and O–H groups in total. The van der Waals surface area contributed by atoms with Crippen LogP contribution in [0.5, 0.6) is 0 Å². The zero-order chi connectivity index (χ0) is 13.2. The van der Waals surface area contributed by atoms with E-state index >= 15 is 0 Å². The van der Waals surface area contributed by atoms with Gasteiger partial charge in [-0.05, 0) is 37.1 Å². The van der Waals surface area contributed by atoms with Crippen molar-refractivity contribution in [3.05, 3.63) is 35.4 Å². The van der Waals surface area contributed by atoms with Crippen LogP contribution in [-0.4, -0.2) is 28.1 Å². The van der Waals surface area contributed by atoms with E-state index in [0.29, 0.717) is 12.2 Å². The van der Waals surface area contributed by atoms with Crippen LogP contribution in [0.1, 0.15) is 30.5 Å². The van der Waals surface area contributed by atoms with E-state index in [-0.39, 0.29) is 11.9 Å². The van der Waals surface area contributed by atoms with E-state index < -0.39 is 5.60 Å². The molecule has 0 bridgehead atoms. The smallest absolute Gasteiger partial charge is 0.253 e. The number of nitrogens with one attached hydrogen (secondary N) is 1. The molecule has 2 rings (SSSR count). The Labute approximate surface area is 112 Å². The summed E-state index contributed by atoms with van der Waals surface area (Å²) in [7, 11) is 0. The van der Waals surface area contributed by atoms with Crippen LogP contribution >= 0.6 is 11.8 Å². The fourth-order valence-electron chi connectivity index (χ4n) is 2.21. The maximum atomic E-state index is 12.1. The molecular weight excluding hydrogens is 246 g/mol. The summed E-state index contributed by atoms with van der Waals surface area (Å²) in [5.74, 6) is 1.10. The summed E-state index contributed by atoms with van der Waals surface area (Å²) in [6, 6.07) is 7.90. The molecule has 0 saturated carbocycles. The first-order valence-electron chi connectivity index (χ1n) is 6.19. The SMILES string of the molecule is Cc1ccccc1C(C)NC(=O)C1(O)CCSC1. The van der Waals surface area contributed by atoms with Gasteiger partial charge in [0.05, 0.1) is 6.04 Å². The normalized spacial score (nSPS) is 24.8. The summed E-state index contributed by atoms with van der Waals surface area (Å²) < 4.78 is 0. The minimum absolute atomic E-state index is 0.0756. The molecule has 1 aromatic carbocycles. The number of hydrogen-bond donors (Lipinski definition) is 2. The van der Waals surface area contributed by atoms with Crippen LogP contribution in [-0.2, 0) is 4.79 Å². The summed E-state index contributed by atoms with van der Waals surface area (Å²) in [6.45, 7) is 3.98. The van der Waals surface area contributed by atoms with Crippen molar-refractivity contribution in [3.63, 3.8) is 0 Å². The highest BCUT2D eigenvalue weighted by atomic mass is 32.2. The zero-order valence-electron chi connectivity index (χ0n) is 10.8. The molecule has 98 valence electrons. The highest BCUT2D eigenvalue weighted by molar-refractivity contribution is 7.99. The summed E-state index contributed by atoms with van der Waals surface area (Å²) in [6.07, 6.45) is 0.546. The maximum Gasteiger partial charge on any atom is 0.253 e. The van der Waals surface area contributed by atoms with Crippen LogP contribution in [0.4, 0.5) is 0 Å². The van der Waals surface area contributed by atoms with Crippen LogP contribution in [0.2, 0.25) is 0 Å². The minimum atomic E-state index is -1.18. The van der Waals surface area contributed by atoms with Crippen LogP contribution in [0, 0.1) is 6.92 Å². The van der Waals surface area contributed by atoms with Crippen molar-refractivity contribution in [2.75, 3.05) is 11.5 Å². The van der Waals surface area contributed by atoms with E-state index in [2.05, 4.69) is 5.32 Å². The van der Waals surface area contributed by atoms with Crippen molar-refractivity contribution >= 4 is 17.7 Å². The number of rotatable bonds is 3. The second kappa shape index (κ2) is 5.33. The van der Waals surface area contributed by atoms with Gasteiger partial charge in [0.1, 0.15) is 0 Å². The van der Waals surface area contributed by atoms with Gasteiger partial charge >= 0.3 is 0 Å². The number of carbonyl (C=O) groups excluding carboxylic acids is 1. The molecule has 1 saturated heterocycles. The van der Waals surface area contributed by atoms with E-state index in [0.717, 1.165) is 16.9 Å². The summed E-state index contributed by atoms with van der Waals surface area (Å²) in [5.41, 5.74) is 1.07. The molecule has 18 heavy (non-hydrogen) atoms. The first kappa shape index (κ1) is 13.4. The van der Waals surface area contributed by atoms with Gasteiger partial charge in [0, 0.05) is 5.75 Å². The lowest BCUT2D eigenvalue weighted by Crippen LogP contribution is -2.47. The van der Waals surface area contributed by atoms with Crippen molar-refractivity contribution < 1.29 is 9.90 Å². The zero-order valence-corrected chi connectivity index (χ0v) is 11.6. The number of hydrogen-bond acceptors (Lipinski definition) is 3. The van der Waals surface area contributed by atoms with Crippen LogP contribution in [0.3, 0.4) is 0 Å². The first-order valence-corrected chi connectivity index (χ1v) is 7.35. The van der Waals surface area contributed by atoms with E-state index in [1.165, 1.54) is 0 Å². The Bertz CT molecular complexity index is 441. The Morgan fingerprint density at radius 3 is 2.83 bits per heavy atom. The Morgan fingerprint density at radius 1 is 1.50 bits per heavy atom. The van der Waals surface area contributed by atoms with Gasteiger partial charge in [0.15, 0.2) is 5.60 Å². The quantitative estimate of drug-likeness (QED) is 0.879. The fraction of sp³-hybridized carbons (Fsp3) is 0.500. The van der Waals surface area contributed by atoms with Gasteiger partial charge in [-0.2, -0.15) is 11.8 Å². The molecule has 2 atom stereocenters. The molecule has 1 heterocycles. The molecule has 0 radical (unpaired) electrons. The number of carbonyl (C=O) groups is 1. The molecule has 1 amide bonds. The average molecular weight is 265 g/mol. The largest absolute Gasteiger partial charge is 0.379 e. The second-order valence-electron chi connectivity index (χ2n) is 4.89. The van der Waals surface area contributed by atoms with Gasteiger partial charge in [-0.3, -0.25) is 4.79 Å². The molecule has 0 aliphatic carbocycles. The van der Waals surface area contributed by atoms with Crippen LogP contribution in [0.15, 0.2) is 24.3 Å². The van der Waals surface area contributed by atoms with E-state index in [9.17, 15) is 9.90 Å². The Morgan fingerprint density at radius 2 is 2.22 bits per heavy atom. The van der Waals surface area contributed by atoms with Crippen LogP contribution < -0.4 is 5.32 Å². The molecule has 1 fully saturated rings. The Balaban J connectivity index is 2.06. The van der Waals surface area contributed by atoms with Crippen molar-refractivity contribution in [1.29, 1.82) is 0 Å². The topological polar surface area (TPSA) is 49.3 Å². The molecule has 1 aliphatic heterocycles. The monoisotopic (exact) mass is 265 g/mol. The minimum Gasteiger partial charge on any atom is -0.379 e. The van der Waals surface area contributed by atoms with Gasteiger partial charge in [-0.15, -0.1) is 0 Å². The lowest BCUT2D eigenvalue weighted by molar-refractivity contribution is -0.137. The summed E-state index contributed by atoms with van der Waals surface area (Å²) in [5, 5.41) is 13.1. The number of thioether (sulfide) groups is 1.